The Labute approximate surface area is 230 Å². The molecule has 2 aromatic carbocycles. The van der Waals surface area contributed by atoms with Crippen LogP contribution in [0.15, 0.2) is 49.1 Å². The summed E-state index contributed by atoms with van der Waals surface area (Å²) in [5.41, 5.74) is 3.99. The van der Waals surface area contributed by atoms with Gasteiger partial charge < -0.3 is 14.2 Å². The van der Waals surface area contributed by atoms with Gasteiger partial charge in [0.25, 0.3) is 0 Å². The summed E-state index contributed by atoms with van der Waals surface area (Å²) in [5, 5.41) is 4.52. The van der Waals surface area contributed by atoms with E-state index in [1.54, 1.807) is 17.0 Å². The highest BCUT2D eigenvalue weighted by atomic mass is 19.3. The number of morpholine rings is 1. The van der Waals surface area contributed by atoms with Gasteiger partial charge in [-0.05, 0) is 36.5 Å². The normalized spacial score (nSPS) is 16.1. The van der Waals surface area contributed by atoms with Crippen LogP contribution in [0.2, 0.25) is 0 Å². The number of carbonyl (C=O) groups excluding carboxylic acids is 1. The predicted octanol–water partition coefficient (Wildman–Crippen LogP) is 4.81. The molecule has 1 saturated heterocycles. The van der Waals surface area contributed by atoms with Gasteiger partial charge in [-0.1, -0.05) is 6.07 Å². The van der Waals surface area contributed by atoms with Crippen LogP contribution in [-0.4, -0.2) is 76.6 Å². The van der Waals surface area contributed by atoms with Crippen molar-refractivity contribution in [3.63, 3.8) is 0 Å². The van der Waals surface area contributed by atoms with Crippen LogP contribution in [0.4, 0.5) is 8.78 Å². The Balaban J connectivity index is 1.27. The van der Waals surface area contributed by atoms with Gasteiger partial charge in [-0.2, -0.15) is 13.9 Å². The molecule has 40 heavy (non-hydrogen) atoms. The number of carbonyl (C=O) groups is 1. The van der Waals surface area contributed by atoms with Crippen LogP contribution in [0, 0.1) is 5.92 Å². The molecule has 210 valence electrons. The minimum Gasteiger partial charge on any atom is -0.496 e. The second-order valence-electron chi connectivity index (χ2n) is 10.2. The number of alkyl halides is 2. The molecule has 9 nitrogen and oxygen atoms in total. The molecule has 0 bridgehead atoms. The number of benzene rings is 2. The van der Waals surface area contributed by atoms with Gasteiger partial charge in [-0.25, -0.2) is 4.98 Å². The average molecular weight is 552 g/mol. The SMILES string of the molecule is COc1cc(-n2cnc3cc(-c4cnn(CCN5CCOCC5)c4)ccc32)cc(OC(F)F)c1C(=O)CC1CC1. The van der Waals surface area contributed by atoms with Gasteiger partial charge >= 0.3 is 6.61 Å². The molecule has 4 aromatic rings. The number of Topliss-reactive ketones (excluding diaryl/α,β-unsaturated/α-hetero) is 1. The minimum atomic E-state index is -3.08. The summed E-state index contributed by atoms with van der Waals surface area (Å²) >= 11 is 0. The van der Waals surface area contributed by atoms with Gasteiger partial charge in [-0.15, -0.1) is 0 Å². The standard InChI is InChI=1S/C29H31F2N5O4/c1-38-26-14-22(15-27(40-29(30)31)28(26)25(37)12-19-2-3-19)36-18-32-23-13-20(4-5-24(23)36)21-16-33-35(17-21)7-6-34-8-10-39-11-9-34/h4-5,13-19,29H,2-3,6-12H2,1H3. The van der Waals surface area contributed by atoms with Crippen molar-refractivity contribution in [2.24, 2.45) is 5.92 Å². The fourth-order valence-electron chi connectivity index (χ4n) is 5.13. The fraction of sp³-hybridized carbons (Fsp3) is 0.414. The third kappa shape index (κ3) is 5.71. The second-order valence-corrected chi connectivity index (χ2v) is 10.2. The molecule has 0 atom stereocenters. The summed E-state index contributed by atoms with van der Waals surface area (Å²) in [7, 11) is 1.42. The number of aromatic nitrogens is 4. The van der Waals surface area contributed by atoms with Crippen molar-refractivity contribution < 1.29 is 27.8 Å². The van der Waals surface area contributed by atoms with E-state index in [0.717, 1.165) is 74.4 Å². The highest BCUT2D eigenvalue weighted by Gasteiger charge is 2.29. The van der Waals surface area contributed by atoms with Gasteiger partial charge in [0.2, 0.25) is 0 Å². The summed E-state index contributed by atoms with van der Waals surface area (Å²) in [6.45, 7) is 2.05. The van der Waals surface area contributed by atoms with Crippen molar-refractivity contribution in [1.29, 1.82) is 0 Å². The molecule has 0 unspecified atom stereocenters. The number of halogens is 2. The fourth-order valence-corrected chi connectivity index (χ4v) is 5.13. The summed E-state index contributed by atoms with van der Waals surface area (Å²) in [6, 6.07) is 8.98. The van der Waals surface area contributed by atoms with E-state index in [9.17, 15) is 13.6 Å². The molecule has 2 aromatic heterocycles. The number of fused-ring (bicyclic) bond motifs is 1. The summed E-state index contributed by atoms with van der Waals surface area (Å²) < 4.78 is 46.1. The molecule has 11 heteroatoms. The molecule has 0 spiro atoms. The molecule has 1 aliphatic carbocycles. The Kier molecular flexibility index (Phi) is 7.48. The highest BCUT2D eigenvalue weighted by molar-refractivity contribution is 6.02. The lowest BCUT2D eigenvalue weighted by Crippen LogP contribution is -2.38. The number of hydrogen-bond acceptors (Lipinski definition) is 7. The number of ketones is 1. The van der Waals surface area contributed by atoms with Crippen molar-refractivity contribution in [3.8, 4) is 28.3 Å². The zero-order chi connectivity index (χ0) is 27.6. The van der Waals surface area contributed by atoms with Gasteiger partial charge in [0.1, 0.15) is 23.4 Å². The molecule has 0 amide bonds. The molecule has 2 aliphatic rings. The molecular weight excluding hydrogens is 520 g/mol. The van der Waals surface area contributed by atoms with Crippen LogP contribution >= 0.6 is 0 Å². The zero-order valence-electron chi connectivity index (χ0n) is 22.3. The Morgan fingerprint density at radius 3 is 2.65 bits per heavy atom. The van der Waals surface area contributed by atoms with Crippen LogP contribution in [0.25, 0.3) is 27.8 Å². The minimum absolute atomic E-state index is 0.0517. The summed E-state index contributed by atoms with van der Waals surface area (Å²) in [6.07, 6.45) is 7.70. The zero-order valence-corrected chi connectivity index (χ0v) is 22.3. The first kappa shape index (κ1) is 26.4. The van der Waals surface area contributed by atoms with E-state index in [-0.39, 0.29) is 29.3 Å². The molecule has 1 saturated carbocycles. The molecular formula is C29H31F2N5O4. The van der Waals surface area contributed by atoms with Gasteiger partial charge in [0.05, 0.1) is 49.8 Å². The lowest BCUT2D eigenvalue weighted by atomic mass is 10.0. The van der Waals surface area contributed by atoms with E-state index < -0.39 is 6.61 Å². The number of methoxy groups -OCH3 is 1. The molecule has 2 fully saturated rings. The topological polar surface area (TPSA) is 83.6 Å². The largest absolute Gasteiger partial charge is 0.496 e. The Morgan fingerprint density at radius 2 is 1.90 bits per heavy atom. The molecule has 6 rings (SSSR count). The Morgan fingerprint density at radius 1 is 1.10 bits per heavy atom. The predicted molar refractivity (Wildman–Crippen MR) is 144 cm³/mol. The first-order valence-electron chi connectivity index (χ1n) is 13.5. The van der Waals surface area contributed by atoms with Crippen molar-refractivity contribution in [2.45, 2.75) is 32.4 Å². The van der Waals surface area contributed by atoms with E-state index >= 15 is 0 Å². The number of rotatable bonds is 11. The maximum atomic E-state index is 13.3. The van der Waals surface area contributed by atoms with E-state index in [4.69, 9.17) is 14.2 Å². The molecule has 0 N–H and O–H groups in total. The van der Waals surface area contributed by atoms with Crippen LogP contribution in [0.3, 0.4) is 0 Å². The van der Waals surface area contributed by atoms with Gasteiger partial charge in [0, 0.05) is 49.9 Å². The maximum absolute atomic E-state index is 13.3. The van der Waals surface area contributed by atoms with E-state index in [1.165, 1.54) is 13.2 Å². The van der Waals surface area contributed by atoms with Crippen LogP contribution in [0.1, 0.15) is 29.6 Å². The first-order valence-corrected chi connectivity index (χ1v) is 13.5. The highest BCUT2D eigenvalue weighted by Crippen LogP contribution is 2.39. The molecule has 3 heterocycles. The van der Waals surface area contributed by atoms with Crippen LogP contribution in [-0.2, 0) is 11.3 Å². The van der Waals surface area contributed by atoms with Crippen molar-refractivity contribution in [1.82, 2.24) is 24.2 Å². The Hall–Kier alpha value is -3.83. The van der Waals surface area contributed by atoms with E-state index in [0.29, 0.717) is 11.6 Å². The van der Waals surface area contributed by atoms with E-state index in [1.807, 2.05) is 35.3 Å². The summed E-state index contributed by atoms with van der Waals surface area (Å²) in [4.78, 5) is 19.9. The third-order valence-electron chi connectivity index (χ3n) is 7.48. The van der Waals surface area contributed by atoms with Gasteiger partial charge in [-0.3, -0.25) is 18.9 Å². The number of imidazole rings is 1. The Bertz CT molecular complexity index is 1510. The number of ether oxygens (including phenoxy) is 3. The third-order valence-corrected chi connectivity index (χ3v) is 7.48. The lowest BCUT2D eigenvalue weighted by molar-refractivity contribution is -0.0502. The number of hydrogen-bond donors (Lipinski definition) is 0. The van der Waals surface area contributed by atoms with Crippen molar-refractivity contribution in [3.05, 3.63) is 54.6 Å². The monoisotopic (exact) mass is 551 g/mol. The lowest BCUT2D eigenvalue weighted by Gasteiger charge is -2.26. The maximum Gasteiger partial charge on any atom is 0.387 e. The van der Waals surface area contributed by atoms with Crippen molar-refractivity contribution >= 4 is 16.8 Å². The van der Waals surface area contributed by atoms with E-state index in [2.05, 4.69) is 15.0 Å². The summed E-state index contributed by atoms with van der Waals surface area (Å²) in [5.74, 6) is 0.0341. The van der Waals surface area contributed by atoms with Gasteiger partial charge in [0.15, 0.2) is 5.78 Å². The van der Waals surface area contributed by atoms with Crippen LogP contribution < -0.4 is 9.47 Å². The average Bonchev–Trinajstić information content (AvgIpc) is 3.47. The number of nitrogens with zero attached hydrogens (tertiary/aromatic N) is 5. The molecule has 1 aliphatic heterocycles. The quantitative estimate of drug-likeness (QED) is 0.247. The molecule has 0 radical (unpaired) electrons. The van der Waals surface area contributed by atoms with Crippen LogP contribution in [0.5, 0.6) is 11.5 Å². The van der Waals surface area contributed by atoms with Crippen molar-refractivity contribution in [2.75, 3.05) is 40.0 Å². The first-order chi connectivity index (χ1) is 19.5. The smallest absolute Gasteiger partial charge is 0.387 e. The second kappa shape index (κ2) is 11.3.